The lowest BCUT2D eigenvalue weighted by atomic mass is 9.97. The van der Waals surface area contributed by atoms with Gasteiger partial charge in [-0.3, -0.25) is 0 Å². The van der Waals surface area contributed by atoms with Crippen LogP contribution in [0.3, 0.4) is 0 Å². The van der Waals surface area contributed by atoms with Crippen molar-refractivity contribution in [3.8, 4) is 11.8 Å². The molecule has 0 amide bonds. The van der Waals surface area contributed by atoms with Crippen molar-refractivity contribution < 1.29 is 9.53 Å². The molecule has 0 aromatic heterocycles. The maximum atomic E-state index is 10.9. The molecule has 0 aromatic rings. The number of cyclic esters (lactones) is 1. The number of halogens is 1. The molecule has 0 saturated carbocycles. The van der Waals surface area contributed by atoms with Gasteiger partial charge >= 0.3 is 5.97 Å². The van der Waals surface area contributed by atoms with Gasteiger partial charge in [-0.05, 0) is 36.7 Å². The number of carbonyl (C=O) groups is 1. The summed E-state index contributed by atoms with van der Waals surface area (Å²) in [5.41, 5.74) is 0.686. The Labute approximate surface area is 86.5 Å². The van der Waals surface area contributed by atoms with Crippen molar-refractivity contribution in [2.75, 3.05) is 6.61 Å². The predicted molar refractivity (Wildman–Crippen MR) is 54.1 cm³/mol. The zero-order chi connectivity index (χ0) is 10.1. The standard InChI is InChI=1S/C10H11BrO2/c1-10(2,3)5-4-7-6-13-9(12)8(7)11/h6H2,1-3H3. The van der Waals surface area contributed by atoms with E-state index in [1.165, 1.54) is 0 Å². The molecule has 1 heterocycles. The van der Waals surface area contributed by atoms with Crippen molar-refractivity contribution in [3.63, 3.8) is 0 Å². The summed E-state index contributed by atoms with van der Waals surface area (Å²) in [4.78, 5) is 10.9. The van der Waals surface area contributed by atoms with Crippen LogP contribution in [0.1, 0.15) is 20.8 Å². The van der Waals surface area contributed by atoms with Gasteiger partial charge in [0.1, 0.15) is 11.1 Å². The number of hydrogen-bond acceptors (Lipinski definition) is 2. The van der Waals surface area contributed by atoms with E-state index >= 15 is 0 Å². The van der Waals surface area contributed by atoms with Crippen LogP contribution in [-0.2, 0) is 9.53 Å². The monoisotopic (exact) mass is 242 g/mol. The van der Waals surface area contributed by atoms with E-state index in [0.29, 0.717) is 11.1 Å². The Balaban J connectivity index is 2.85. The SMILES string of the molecule is CC(C)(C)C#CC1=C(Br)C(=O)OC1. The van der Waals surface area contributed by atoms with E-state index in [1.54, 1.807) is 0 Å². The number of carbonyl (C=O) groups excluding carboxylic acids is 1. The highest BCUT2D eigenvalue weighted by molar-refractivity contribution is 9.12. The van der Waals surface area contributed by atoms with Gasteiger partial charge in [0.05, 0.1) is 5.57 Å². The second kappa shape index (κ2) is 3.55. The van der Waals surface area contributed by atoms with Gasteiger partial charge in [0, 0.05) is 5.41 Å². The molecule has 1 rings (SSSR count). The Morgan fingerprint density at radius 1 is 1.46 bits per heavy atom. The molecule has 0 saturated heterocycles. The van der Waals surface area contributed by atoms with Crippen LogP contribution in [0, 0.1) is 17.3 Å². The van der Waals surface area contributed by atoms with Crippen LogP contribution in [0.15, 0.2) is 10.1 Å². The highest BCUT2D eigenvalue weighted by Crippen LogP contribution is 2.21. The van der Waals surface area contributed by atoms with Gasteiger partial charge in [-0.25, -0.2) is 4.79 Å². The Kier molecular flexibility index (Phi) is 2.82. The summed E-state index contributed by atoms with van der Waals surface area (Å²) >= 11 is 3.14. The van der Waals surface area contributed by atoms with E-state index in [1.807, 2.05) is 20.8 Å². The van der Waals surface area contributed by atoms with E-state index in [2.05, 4.69) is 27.8 Å². The predicted octanol–water partition coefficient (Wildman–Crippen LogP) is 2.24. The highest BCUT2D eigenvalue weighted by atomic mass is 79.9. The molecule has 70 valence electrons. The average Bonchev–Trinajstić information content (AvgIpc) is 2.29. The molecule has 0 fully saturated rings. The van der Waals surface area contributed by atoms with Crippen LogP contribution >= 0.6 is 15.9 Å². The molecule has 1 aliphatic heterocycles. The third-order valence-corrected chi connectivity index (χ3v) is 2.18. The van der Waals surface area contributed by atoms with Crippen molar-refractivity contribution in [1.82, 2.24) is 0 Å². The van der Waals surface area contributed by atoms with E-state index in [4.69, 9.17) is 4.74 Å². The summed E-state index contributed by atoms with van der Waals surface area (Å²) in [5, 5.41) is 0. The maximum absolute atomic E-state index is 10.9. The molecule has 2 nitrogen and oxygen atoms in total. The first-order valence-corrected chi connectivity index (χ1v) is 4.78. The number of esters is 1. The smallest absolute Gasteiger partial charge is 0.346 e. The molecule has 3 heteroatoms. The van der Waals surface area contributed by atoms with Gasteiger partial charge in [0.15, 0.2) is 0 Å². The fourth-order valence-electron chi connectivity index (χ4n) is 0.742. The molecule has 0 aromatic carbocycles. The summed E-state index contributed by atoms with van der Waals surface area (Å²) in [7, 11) is 0. The van der Waals surface area contributed by atoms with Gasteiger partial charge < -0.3 is 4.74 Å². The minimum atomic E-state index is -0.321. The minimum absolute atomic E-state index is 0.0497. The molecule has 0 bridgehead atoms. The number of rotatable bonds is 0. The van der Waals surface area contributed by atoms with Crippen LogP contribution in [0.5, 0.6) is 0 Å². The van der Waals surface area contributed by atoms with E-state index in [9.17, 15) is 4.79 Å². The topological polar surface area (TPSA) is 26.3 Å². The first-order valence-electron chi connectivity index (χ1n) is 3.99. The molecule has 0 radical (unpaired) electrons. The summed E-state index contributed by atoms with van der Waals surface area (Å²) < 4.78 is 5.24. The second-order valence-corrected chi connectivity index (χ2v) is 4.66. The molecular formula is C10H11BrO2. The largest absolute Gasteiger partial charge is 0.456 e. The Hall–Kier alpha value is -0.750. The first-order chi connectivity index (χ1) is 5.90. The summed E-state index contributed by atoms with van der Waals surface area (Å²) in [6, 6.07) is 0. The Morgan fingerprint density at radius 2 is 2.08 bits per heavy atom. The molecule has 0 atom stereocenters. The fraction of sp³-hybridized carbons (Fsp3) is 0.500. The van der Waals surface area contributed by atoms with Crippen molar-refractivity contribution in [2.24, 2.45) is 5.41 Å². The third-order valence-electron chi connectivity index (χ3n) is 1.38. The third kappa shape index (κ3) is 2.89. The van der Waals surface area contributed by atoms with Crippen molar-refractivity contribution in [1.29, 1.82) is 0 Å². The molecule has 0 aliphatic carbocycles. The molecule has 0 spiro atoms. The molecule has 13 heavy (non-hydrogen) atoms. The summed E-state index contributed by atoms with van der Waals surface area (Å²) in [6.45, 7) is 6.35. The maximum Gasteiger partial charge on any atom is 0.346 e. The lowest BCUT2D eigenvalue weighted by molar-refractivity contribution is -0.135. The highest BCUT2D eigenvalue weighted by Gasteiger charge is 2.21. The zero-order valence-corrected chi connectivity index (χ0v) is 9.49. The van der Waals surface area contributed by atoms with E-state index in [-0.39, 0.29) is 11.4 Å². The van der Waals surface area contributed by atoms with Crippen molar-refractivity contribution >= 4 is 21.9 Å². The average molecular weight is 243 g/mol. The first kappa shape index (κ1) is 10.3. The van der Waals surface area contributed by atoms with Crippen molar-refractivity contribution in [2.45, 2.75) is 20.8 Å². The number of hydrogen-bond donors (Lipinski definition) is 0. The molecular weight excluding hydrogens is 232 g/mol. The zero-order valence-electron chi connectivity index (χ0n) is 7.90. The van der Waals surface area contributed by atoms with E-state index < -0.39 is 0 Å². The van der Waals surface area contributed by atoms with Crippen LogP contribution in [0.4, 0.5) is 0 Å². The van der Waals surface area contributed by atoms with Gasteiger partial charge in [-0.15, -0.1) is 0 Å². The second-order valence-electron chi connectivity index (χ2n) is 3.87. The van der Waals surface area contributed by atoms with Crippen LogP contribution in [-0.4, -0.2) is 12.6 Å². The van der Waals surface area contributed by atoms with E-state index in [0.717, 1.165) is 5.57 Å². The minimum Gasteiger partial charge on any atom is -0.456 e. The van der Waals surface area contributed by atoms with Crippen LogP contribution in [0.25, 0.3) is 0 Å². The van der Waals surface area contributed by atoms with Gasteiger partial charge in [-0.1, -0.05) is 11.8 Å². The van der Waals surface area contributed by atoms with Gasteiger partial charge in [-0.2, -0.15) is 0 Å². The molecule has 1 aliphatic rings. The molecule has 0 N–H and O–H groups in total. The quantitative estimate of drug-likeness (QED) is 0.481. The van der Waals surface area contributed by atoms with Gasteiger partial charge in [0.25, 0.3) is 0 Å². The van der Waals surface area contributed by atoms with Crippen LogP contribution < -0.4 is 0 Å². The normalized spacial score (nSPS) is 16.8. The van der Waals surface area contributed by atoms with Crippen molar-refractivity contribution in [3.05, 3.63) is 10.1 Å². The van der Waals surface area contributed by atoms with Gasteiger partial charge in [0.2, 0.25) is 0 Å². The summed E-state index contributed by atoms with van der Waals surface area (Å²) in [6.07, 6.45) is 0. The lowest BCUT2D eigenvalue weighted by Gasteiger charge is -2.06. The Bertz CT molecular complexity index is 323. The summed E-state index contributed by atoms with van der Waals surface area (Å²) in [5.74, 6) is 5.66. The molecule has 0 unspecified atom stereocenters. The number of ether oxygens (including phenoxy) is 1. The Morgan fingerprint density at radius 3 is 2.46 bits per heavy atom. The lowest BCUT2D eigenvalue weighted by Crippen LogP contribution is -1.99. The fourth-order valence-corrected chi connectivity index (χ4v) is 1.07. The van der Waals surface area contributed by atoms with Crippen LogP contribution in [0.2, 0.25) is 0 Å².